The van der Waals surface area contributed by atoms with Gasteiger partial charge in [-0.05, 0) is 47.7 Å². The number of ether oxygens (including phenoxy) is 2. The number of halogens is 1. The zero-order valence-corrected chi connectivity index (χ0v) is 21.9. The highest BCUT2D eigenvalue weighted by Crippen LogP contribution is 2.33. The molecule has 7 heteroatoms. The van der Waals surface area contributed by atoms with Gasteiger partial charge in [0.1, 0.15) is 6.04 Å². The van der Waals surface area contributed by atoms with Gasteiger partial charge in [0.2, 0.25) is 18.6 Å². The number of aryl methyl sites for hydroxylation is 1. The maximum Gasteiger partial charge on any atom is 0.243 e. The Morgan fingerprint density at radius 3 is 2.51 bits per heavy atom. The quantitative estimate of drug-likeness (QED) is 0.318. The van der Waals surface area contributed by atoms with E-state index in [-0.39, 0.29) is 31.6 Å². The minimum atomic E-state index is -0.667. The topological polar surface area (TPSA) is 67.9 Å². The maximum absolute atomic E-state index is 13.8. The fourth-order valence-corrected chi connectivity index (χ4v) is 4.56. The number of carbonyl (C=O) groups excluding carboxylic acids is 2. The van der Waals surface area contributed by atoms with Gasteiger partial charge >= 0.3 is 0 Å². The molecule has 2 amide bonds. The Kier molecular flexibility index (Phi) is 9.44. The molecule has 0 bridgehead atoms. The minimum absolute atomic E-state index is 0.107. The second-order valence-corrected chi connectivity index (χ2v) is 9.56. The van der Waals surface area contributed by atoms with Crippen LogP contribution in [0.3, 0.4) is 0 Å². The van der Waals surface area contributed by atoms with Gasteiger partial charge in [-0.2, -0.15) is 0 Å². The minimum Gasteiger partial charge on any atom is -0.454 e. The first-order valence-corrected chi connectivity index (χ1v) is 13.2. The zero-order valence-electron chi connectivity index (χ0n) is 21.1. The first-order chi connectivity index (χ1) is 18.0. The average molecular weight is 521 g/mol. The smallest absolute Gasteiger partial charge is 0.243 e. The van der Waals surface area contributed by atoms with Crippen molar-refractivity contribution in [3.63, 3.8) is 0 Å². The number of amides is 2. The van der Waals surface area contributed by atoms with E-state index in [2.05, 4.69) is 12.2 Å². The summed E-state index contributed by atoms with van der Waals surface area (Å²) in [4.78, 5) is 28.9. The Morgan fingerprint density at radius 1 is 0.973 bits per heavy atom. The van der Waals surface area contributed by atoms with Crippen molar-refractivity contribution < 1.29 is 19.1 Å². The molecule has 3 aromatic rings. The summed E-state index contributed by atoms with van der Waals surface area (Å²) < 4.78 is 10.9. The highest BCUT2D eigenvalue weighted by molar-refractivity contribution is 6.31. The normalized spacial score (nSPS) is 12.7. The van der Waals surface area contributed by atoms with Gasteiger partial charge in [-0.3, -0.25) is 9.59 Å². The molecule has 0 aliphatic carbocycles. The lowest BCUT2D eigenvalue weighted by Gasteiger charge is -2.32. The van der Waals surface area contributed by atoms with Crippen LogP contribution in [0, 0.1) is 0 Å². The fourth-order valence-electron chi connectivity index (χ4n) is 4.36. The molecule has 1 heterocycles. The van der Waals surface area contributed by atoms with Crippen LogP contribution in [0.1, 0.15) is 42.9 Å². The van der Waals surface area contributed by atoms with E-state index in [0.717, 1.165) is 29.5 Å². The Bertz CT molecular complexity index is 1200. The van der Waals surface area contributed by atoms with Crippen molar-refractivity contribution in [1.29, 1.82) is 0 Å². The molecule has 0 spiro atoms. The van der Waals surface area contributed by atoms with Crippen LogP contribution in [-0.2, 0) is 29.0 Å². The molecule has 1 N–H and O–H groups in total. The third-order valence-electron chi connectivity index (χ3n) is 6.46. The van der Waals surface area contributed by atoms with E-state index >= 15 is 0 Å². The van der Waals surface area contributed by atoms with Crippen molar-refractivity contribution in [2.75, 3.05) is 13.3 Å². The number of nitrogens with zero attached hydrogens (tertiary/aromatic N) is 1. The average Bonchev–Trinajstić information content (AvgIpc) is 3.39. The summed E-state index contributed by atoms with van der Waals surface area (Å²) in [5, 5.41) is 3.62. The Morgan fingerprint density at radius 2 is 1.73 bits per heavy atom. The largest absolute Gasteiger partial charge is 0.454 e. The molecule has 1 aliphatic heterocycles. The predicted octanol–water partition coefficient (Wildman–Crippen LogP) is 5.56. The number of fused-ring (bicyclic) bond motifs is 1. The van der Waals surface area contributed by atoms with Crippen LogP contribution < -0.4 is 14.8 Å². The van der Waals surface area contributed by atoms with E-state index in [1.807, 2.05) is 66.7 Å². The van der Waals surface area contributed by atoms with Gasteiger partial charge in [0.05, 0.1) is 0 Å². The molecule has 0 saturated carbocycles. The molecule has 0 radical (unpaired) electrons. The van der Waals surface area contributed by atoms with Crippen molar-refractivity contribution in [3.05, 3.63) is 94.5 Å². The van der Waals surface area contributed by atoms with E-state index in [4.69, 9.17) is 21.1 Å². The van der Waals surface area contributed by atoms with Gasteiger partial charge in [-0.25, -0.2) is 0 Å². The molecule has 194 valence electrons. The lowest BCUT2D eigenvalue weighted by molar-refractivity contribution is -0.141. The molecule has 3 aromatic carbocycles. The van der Waals surface area contributed by atoms with Crippen LogP contribution >= 0.6 is 11.6 Å². The van der Waals surface area contributed by atoms with Crippen LogP contribution in [-0.4, -0.2) is 36.1 Å². The van der Waals surface area contributed by atoms with Crippen molar-refractivity contribution in [3.8, 4) is 11.5 Å². The molecule has 6 nitrogen and oxygen atoms in total. The standard InChI is InChI=1S/C30H33ClN2O4/c1-2-3-17-32-30(35)26(18-22-9-5-4-6-10-22)33(20-24-11-7-8-12-25(24)31)29(34)16-14-23-13-15-27-28(19-23)37-21-36-27/h4-13,15,19,26H,2-3,14,16-18,20-21H2,1H3,(H,32,35)/t26-/m0/s1. The molecule has 4 rings (SSSR count). The van der Waals surface area contributed by atoms with Gasteiger partial charge in [0.15, 0.2) is 11.5 Å². The van der Waals surface area contributed by atoms with Gasteiger partial charge in [0, 0.05) is 31.0 Å². The Balaban J connectivity index is 1.58. The number of hydrogen-bond acceptors (Lipinski definition) is 4. The van der Waals surface area contributed by atoms with Crippen molar-refractivity contribution in [1.82, 2.24) is 10.2 Å². The van der Waals surface area contributed by atoms with Gasteiger partial charge in [-0.15, -0.1) is 0 Å². The number of rotatable bonds is 12. The van der Waals surface area contributed by atoms with E-state index in [1.54, 1.807) is 11.0 Å². The molecule has 0 saturated heterocycles. The van der Waals surface area contributed by atoms with Gasteiger partial charge in [0.25, 0.3) is 0 Å². The van der Waals surface area contributed by atoms with E-state index in [9.17, 15) is 9.59 Å². The zero-order chi connectivity index (χ0) is 26.0. The molecule has 0 fully saturated rings. The first kappa shape index (κ1) is 26.6. The third kappa shape index (κ3) is 7.26. The summed E-state index contributed by atoms with van der Waals surface area (Å²) in [6.45, 7) is 3.11. The van der Waals surface area contributed by atoms with Crippen LogP contribution in [0.2, 0.25) is 5.02 Å². The second-order valence-electron chi connectivity index (χ2n) is 9.15. The Labute approximate surface area is 223 Å². The van der Waals surface area contributed by atoms with Crippen LogP contribution in [0.25, 0.3) is 0 Å². The Hall–Kier alpha value is -3.51. The van der Waals surface area contributed by atoms with Crippen LogP contribution in [0.15, 0.2) is 72.8 Å². The monoisotopic (exact) mass is 520 g/mol. The molecule has 1 atom stereocenters. The van der Waals surface area contributed by atoms with Gasteiger partial charge in [-0.1, -0.05) is 79.5 Å². The predicted molar refractivity (Wildman–Crippen MR) is 145 cm³/mol. The number of unbranched alkanes of at least 4 members (excludes halogenated alkanes) is 1. The summed E-state index contributed by atoms with van der Waals surface area (Å²) >= 11 is 6.48. The maximum atomic E-state index is 13.8. The van der Waals surface area contributed by atoms with Crippen molar-refractivity contribution >= 4 is 23.4 Å². The number of carbonyl (C=O) groups is 2. The van der Waals surface area contributed by atoms with Crippen LogP contribution in [0.4, 0.5) is 0 Å². The summed E-state index contributed by atoms with van der Waals surface area (Å²) in [5.74, 6) is 1.14. The molecular weight excluding hydrogens is 488 g/mol. The molecule has 37 heavy (non-hydrogen) atoms. The summed E-state index contributed by atoms with van der Waals surface area (Å²) in [6, 6.07) is 22.3. The van der Waals surface area contributed by atoms with Crippen LogP contribution in [0.5, 0.6) is 11.5 Å². The molecule has 0 aromatic heterocycles. The molecule has 0 unspecified atom stereocenters. The van der Waals surface area contributed by atoms with Gasteiger partial charge < -0.3 is 19.7 Å². The summed E-state index contributed by atoms with van der Waals surface area (Å²) in [7, 11) is 0. The number of hydrogen-bond donors (Lipinski definition) is 1. The molecular formula is C30H33ClN2O4. The SMILES string of the molecule is CCCCNC(=O)[C@H](Cc1ccccc1)N(Cc1ccccc1Cl)C(=O)CCc1ccc2c(c1)OCO2. The van der Waals surface area contributed by atoms with Crippen molar-refractivity contribution in [2.24, 2.45) is 0 Å². The summed E-state index contributed by atoms with van der Waals surface area (Å²) in [5.41, 5.74) is 2.77. The molecule has 1 aliphatic rings. The number of benzene rings is 3. The van der Waals surface area contributed by atoms with Crippen molar-refractivity contribution in [2.45, 2.75) is 51.6 Å². The van der Waals surface area contributed by atoms with E-state index < -0.39 is 6.04 Å². The highest BCUT2D eigenvalue weighted by atomic mass is 35.5. The van der Waals surface area contributed by atoms with E-state index in [0.29, 0.717) is 35.9 Å². The lowest BCUT2D eigenvalue weighted by atomic mass is 10.0. The fraction of sp³-hybridized carbons (Fsp3) is 0.333. The second kappa shape index (κ2) is 13.2. The highest BCUT2D eigenvalue weighted by Gasteiger charge is 2.30. The third-order valence-corrected chi connectivity index (χ3v) is 6.83. The summed E-state index contributed by atoms with van der Waals surface area (Å²) in [6.07, 6.45) is 3.04. The lowest BCUT2D eigenvalue weighted by Crippen LogP contribution is -2.50. The first-order valence-electron chi connectivity index (χ1n) is 12.8. The number of nitrogens with one attached hydrogen (secondary N) is 1. The van der Waals surface area contributed by atoms with E-state index in [1.165, 1.54) is 0 Å².